The minimum atomic E-state index is 0.724. The Hall–Kier alpha value is -2.62. The maximum absolute atomic E-state index is 5.72. The van der Waals surface area contributed by atoms with Crippen molar-refractivity contribution in [1.82, 2.24) is 15.2 Å². The van der Waals surface area contributed by atoms with Crippen LogP contribution < -0.4 is 4.74 Å². The van der Waals surface area contributed by atoms with Gasteiger partial charge in [-0.1, -0.05) is 12.1 Å². The van der Waals surface area contributed by atoms with E-state index in [0.717, 1.165) is 22.6 Å². The molecule has 0 bridgehead atoms. The number of benzene rings is 1. The minimum absolute atomic E-state index is 0.724. The first-order chi connectivity index (χ1) is 8.92. The van der Waals surface area contributed by atoms with Crippen molar-refractivity contribution in [3.8, 4) is 22.6 Å². The van der Waals surface area contributed by atoms with Gasteiger partial charge in [-0.2, -0.15) is 5.10 Å². The number of aromatic amines is 1. The molecular formula is C14H11N3O. The molecule has 0 unspecified atom stereocenters. The van der Waals surface area contributed by atoms with Crippen molar-refractivity contribution >= 4 is 0 Å². The van der Waals surface area contributed by atoms with E-state index in [1.807, 2.05) is 42.6 Å². The molecule has 0 spiro atoms. The van der Waals surface area contributed by atoms with Gasteiger partial charge in [0.25, 0.3) is 0 Å². The Labute approximate surface area is 104 Å². The fourth-order valence-electron chi connectivity index (χ4n) is 1.69. The summed E-state index contributed by atoms with van der Waals surface area (Å²) in [7, 11) is 0. The lowest BCUT2D eigenvalue weighted by Crippen LogP contribution is -1.85. The lowest BCUT2D eigenvalue weighted by Gasteiger charge is -2.06. The second kappa shape index (κ2) is 4.71. The highest BCUT2D eigenvalue weighted by atomic mass is 16.5. The average Bonchev–Trinajstić information content (AvgIpc) is 2.94. The van der Waals surface area contributed by atoms with Gasteiger partial charge in [0.2, 0.25) is 0 Å². The van der Waals surface area contributed by atoms with Crippen molar-refractivity contribution in [2.24, 2.45) is 0 Å². The van der Waals surface area contributed by atoms with Crippen LogP contribution in [0.25, 0.3) is 11.1 Å². The van der Waals surface area contributed by atoms with Gasteiger partial charge < -0.3 is 4.74 Å². The Morgan fingerprint density at radius 1 is 0.944 bits per heavy atom. The molecule has 3 rings (SSSR count). The molecule has 2 aromatic heterocycles. The predicted octanol–water partition coefficient (Wildman–Crippen LogP) is 3.26. The Kier molecular flexibility index (Phi) is 2.75. The van der Waals surface area contributed by atoms with Gasteiger partial charge in [-0.05, 0) is 29.8 Å². The number of pyridine rings is 1. The van der Waals surface area contributed by atoms with E-state index in [1.54, 1.807) is 18.6 Å². The number of nitrogens with one attached hydrogen (secondary N) is 1. The van der Waals surface area contributed by atoms with Crippen LogP contribution in [0.15, 0.2) is 61.2 Å². The van der Waals surface area contributed by atoms with Crippen molar-refractivity contribution in [1.29, 1.82) is 0 Å². The third kappa shape index (κ3) is 2.22. The van der Waals surface area contributed by atoms with Crippen molar-refractivity contribution < 1.29 is 4.74 Å². The molecule has 0 saturated carbocycles. The zero-order valence-corrected chi connectivity index (χ0v) is 9.58. The highest BCUT2D eigenvalue weighted by molar-refractivity contribution is 5.63. The number of ether oxygens (including phenoxy) is 1. The largest absolute Gasteiger partial charge is 0.456 e. The Morgan fingerprint density at radius 2 is 1.89 bits per heavy atom. The zero-order valence-electron chi connectivity index (χ0n) is 9.58. The summed E-state index contributed by atoms with van der Waals surface area (Å²) in [5.74, 6) is 1.50. The van der Waals surface area contributed by atoms with Crippen LogP contribution in [0, 0.1) is 0 Å². The Morgan fingerprint density at radius 3 is 2.67 bits per heavy atom. The van der Waals surface area contributed by atoms with Gasteiger partial charge >= 0.3 is 0 Å². The zero-order chi connectivity index (χ0) is 12.2. The van der Waals surface area contributed by atoms with Crippen LogP contribution in [0.4, 0.5) is 0 Å². The lowest BCUT2D eigenvalue weighted by molar-refractivity contribution is 0.480. The van der Waals surface area contributed by atoms with Gasteiger partial charge in [0.05, 0.1) is 12.4 Å². The standard InChI is InChI=1S/C14H11N3O/c1-3-11(12-8-16-17-9-12)7-13(4-1)18-14-5-2-6-15-10-14/h1-10H,(H,16,17). The van der Waals surface area contributed by atoms with Crippen LogP contribution in [0.3, 0.4) is 0 Å². The summed E-state index contributed by atoms with van der Waals surface area (Å²) in [6.45, 7) is 0. The van der Waals surface area contributed by atoms with Crippen LogP contribution in [0.1, 0.15) is 0 Å². The summed E-state index contributed by atoms with van der Waals surface area (Å²) in [5, 5.41) is 6.73. The smallest absolute Gasteiger partial charge is 0.145 e. The normalized spacial score (nSPS) is 10.2. The summed E-state index contributed by atoms with van der Waals surface area (Å²) in [6, 6.07) is 11.6. The number of H-pyrrole nitrogens is 1. The van der Waals surface area contributed by atoms with Gasteiger partial charge in [0.15, 0.2) is 0 Å². The van der Waals surface area contributed by atoms with Gasteiger partial charge in [-0.15, -0.1) is 0 Å². The molecule has 4 nitrogen and oxygen atoms in total. The molecule has 1 N–H and O–H groups in total. The van der Waals surface area contributed by atoms with Crippen molar-refractivity contribution in [2.75, 3.05) is 0 Å². The highest BCUT2D eigenvalue weighted by Gasteiger charge is 2.02. The minimum Gasteiger partial charge on any atom is -0.456 e. The fraction of sp³-hybridized carbons (Fsp3) is 0. The highest BCUT2D eigenvalue weighted by Crippen LogP contribution is 2.26. The monoisotopic (exact) mass is 237 g/mol. The summed E-state index contributed by atoms with van der Waals surface area (Å²) in [6.07, 6.45) is 7.03. The topological polar surface area (TPSA) is 50.8 Å². The number of aromatic nitrogens is 3. The first-order valence-corrected chi connectivity index (χ1v) is 5.59. The quantitative estimate of drug-likeness (QED) is 0.760. The predicted molar refractivity (Wildman–Crippen MR) is 68.3 cm³/mol. The van der Waals surface area contributed by atoms with Gasteiger partial charge in [-0.3, -0.25) is 10.1 Å². The summed E-state index contributed by atoms with van der Waals surface area (Å²) in [5.41, 5.74) is 2.09. The van der Waals surface area contributed by atoms with Crippen molar-refractivity contribution in [3.05, 3.63) is 61.2 Å². The third-order valence-electron chi connectivity index (χ3n) is 2.54. The summed E-state index contributed by atoms with van der Waals surface area (Å²) < 4.78 is 5.72. The molecule has 0 aliphatic carbocycles. The molecule has 1 aromatic carbocycles. The molecule has 88 valence electrons. The van der Waals surface area contributed by atoms with Crippen LogP contribution in [0.5, 0.6) is 11.5 Å². The molecule has 18 heavy (non-hydrogen) atoms. The molecule has 0 amide bonds. The number of hydrogen-bond donors (Lipinski definition) is 1. The van der Waals surface area contributed by atoms with Crippen molar-refractivity contribution in [2.45, 2.75) is 0 Å². The first-order valence-electron chi connectivity index (χ1n) is 5.59. The van der Waals surface area contributed by atoms with Gasteiger partial charge in [0, 0.05) is 18.0 Å². The maximum Gasteiger partial charge on any atom is 0.145 e. The second-order valence-corrected chi connectivity index (χ2v) is 3.81. The van der Waals surface area contributed by atoms with E-state index >= 15 is 0 Å². The fourth-order valence-corrected chi connectivity index (χ4v) is 1.69. The van der Waals surface area contributed by atoms with E-state index in [4.69, 9.17) is 4.74 Å². The number of hydrogen-bond acceptors (Lipinski definition) is 3. The Balaban J connectivity index is 1.88. The molecule has 3 aromatic rings. The van der Waals surface area contributed by atoms with Crippen LogP contribution in [0.2, 0.25) is 0 Å². The molecule has 0 aliphatic heterocycles. The van der Waals surface area contributed by atoms with Crippen LogP contribution >= 0.6 is 0 Å². The molecule has 0 radical (unpaired) electrons. The van der Waals surface area contributed by atoms with E-state index in [2.05, 4.69) is 15.2 Å². The SMILES string of the molecule is c1cncc(Oc2cccc(-c3cn[nH]c3)c2)c1. The number of nitrogens with zero attached hydrogens (tertiary/aromatic N) is 2. The Bertz CT molecular complexity index is 621. The molecule has 2 heterocycles. The molecule has 0 fully saturated rings. The number of rotatable bonds is 3. The van der Waals surface area contributed by atoms with Crippen LogP contribution in [-0.2, 0) is 0 Å². The molecule has 0 saturated heterocycles. The lowest BCUT2D eigenvalue weighted by atomic mass is 10.1. The van der Waals surface area contributed by atoms with E-state index in [9.17, 15) is 0 Å². The second-order valence-electron chi connectivity index (χ2n) is 3.81. The molecule has 0 aliphatic rings. The average molecular weight is 237 g/mol. The van der Waals surface area contributed by atoms with Gasteiger partial charge in [0.1, 0.15) is 11.5 Å². The van der Waals surface area contributed by atoms with Gasteiger partial charge in [-0.25, -0.2) is 0 Å². The molecule has 0 atom stereocenters. The van der Waals surface area contributed by atoms with Crippen molar-refractivity contribution in [3.63, 3.8) is 0 Å². The van der Waals surface area contributed by atoms with E-state index < -0.39 is 0 Å². The third-order valence-corrected chi connectivity index (χ3v) is 2.54. The van der Waals surface area contributed by atoms with E-state index in [-0.39, 0.29) is 0 Å². The first kappa shape index (κ1) is 10.5. The van der Waals surface area contributed by atoms with E-state index in [0.29, 0.717) is 0 Å². The summed E-state index contributed by atoms with van der Waals surface area (Å²) >= 11 is 0. The molecular weight excluding hydrogens is 226 g/mol. The maximum atomic E-state index is 5.72. The van der Waals surface area contributed by atoms with E-state index in [1.165, 1.54) is 0 Å². The van der Waals surface area contributed by atoms with Crippen LogP contribution in [-0.4, -0.2) is 15.2 Å². The molecule has 4 heteroatoms. The summed E-state index contributed by atoms with van der Waals surface area (Å²) in [4.78, 5) is 4.01.